The van der Waals surface area contributed by atoms with Gasteiger partial charge in [-0.05, 0) is 62.3 Å². The predicted octanol–water partition coefficient (Wildman–Crippen LogP) is 2.69. The number of nitrogens with zero attached hydrogens (tertiary/aromatic N) is 1. The molecule has 1 heterocycles. The SMILES string of the molecule is Cc1cc(N2CCCC(N)C2)ccc1OCOCC1CC1. The maximum atomic E-state index is 6.06. The quantitative estimate of drug-likeness (QED) is 0.646. The topological polar surface area (TPSA) is 47.7 Å². The molecule has 0 spiro atoms. The summed E-state index contributed by atoms with van der Waals surface area (Å²) < 4.78 is 11.2. The van der Waals surface area contributed by atoms with Crippen LogP contribution < -0.4 is 15.4 Å². The molecule has 1 atom stereocenters. The molecule has 0 aromatic heterocycles. The summed E-state index contributed by atoms with van der Waals surface area (Å²) in [5, 5.41) is 0. The summed E-state index contributed by atoms with van der Waals surface area (Å²) >= 11 is 0. The van der Waals surface area contributed by atoms with Crippen LogP contribution in [-0.2, 0) is 4.74 Å². The Morgan fingerprint density at radius 1 is 1.29 bits per heavy atom. The van der Waals surface area contributed by atoms with E-state index in [2.05, 4.69) is 24.0 Å². The van der Waals surface area contributed by atoms with Gasteiger partial charge in [0.1, 0.15) is 5.75 Å². The summed E-state index contributed by atoms with van der Waals surface area (Å²) in [6.07, 6.45) is 4.93. The van der Waals surface area contributed by atoms with E-state index < -0.39 is 0 Å². The highest BCUT2D eigenvalue weighted by Gasteiger charge is 2.21. The number of nitrogens with two attached hydrogens (primary N) is 1. The summed E-state index contributed by atoms with van der Waals surface area (Å²) in [4.78, 5) is 2.37. The van der Waals surface area contributed by atoms with E-state index in [1.807, 2.05) is 6.07 Å². The molecule has 1 aliphatic heterocycles. The zero-order valence-electron chi connectivity index (χ0n) is 12.9. The van der Waals surface area contributed by atoms with Crippen molar-refractivity contribution in [3.8, 4) is 5.75 Å². The molecule has 2 fully saturated rings. The molecule has 0 radical (unpaired) electrons. The van der Waals surface area contributed by atoms with Crippen LogP contribution in [0, 0.1) is 12.8 Å². The molecular formula is C17H26N2O2. The first-order chi connectivity index (χ1) is 10.2. The molecule has 116 valence electrons. The minimum Gasteiger partial charge on any atom is -0.467 e. The second-order valence-corrected chi connectivity index (χ2v) is 6.37. The Kier molecular flexibility index (Phi) is 4.66. The number of aryl methyl sites for hydroxylation is 1. The van der Waals surface area contributed by atoms with Crippen molar-refractivity contribution >= 4 is 5.69 Å². The lowest BCUT2D eigenvalue weighted by Crippen LogP contribution is -2.42. The lowest BCUT2D eigenvalue weighted by molar-refractivity contribution is 0.00962. The zero-order chi connectivity index (χ0) is 14.7. The molecule has 4 heteroatoms. The van der Waals surface area contributed by atoms with E-state index >= 15 is 0 Å². The van der Waals surface area contributed by atoms with Crippen molar-refractivity contribution in [1.82, 2.24) is 0 Å². The van der Waals surface area contributed by atoms with E-state index in [-0.39, 0.29) is 0 Å². The van der Waals surface area contributed by atoms with Gasteiger partial charge in [0.15, 0.2) is 6.79 Å². The molecule has 3 rings (SSSR count). The van der Waals surface area contributed by atoms with Crippen molar-refractivity contribution in [2.75, 3.05) is 31.4 Å². The number of benzene rings is 1. The van der Waals surface area contributed by atoms with Crippen LogP contribution in [0.2, 0.25) is 0 Å². The standard InChI is InChI=1S/C17H26N2O2/c1-13-9-16(19-8-2-3-15(18)10-19)6-7-17(13)21-12-20-11-14-4-5-14/h6-7,9,14-15H,2-5,8,10-12,18H2,1H3. The van der Waals surface area contributed by atoms with Crippen LogP contribution in [0.4, 0.5) is 5.69 Å². The first-order valence-electron chi connectivity index (χ1n) is 8.04. The van der Waals surface area contributed by atoms with Crippen LogP contribution in [-0.4, -0.2) is 32.5 Å². The number of hydrogen-bond donors (Lipinski definition) is 1. The minimum atomic E-state index is 0.297. The molecule has 4 nitrogen and oxygen atoms in total. The largest absolute Gasteiger partial charge is 0.467 e. The molecule has 0 bridgehead atoms. The van der Waals surface area contributed by atoms with Crippen LogP contribution in [0.5, 0.6) is 5.75 Å². The summed E-state index contributed by atoms with van der Waals surface area (Å²) in [6.45, 7) is 5.32. The third-order valence-electron chi connectivity index (χ3n) is 4.33. The number of hydrogen-bond acceptors (Lipinski definition) is 4. The average molecular weight is 290 g/mol. The van der Waals surface area contributed by atoms with Gasteiger partial charge in [-0.3, -0.25) is 0 Å². The van der Waals surface area contributed by atoms with E-state index in [4.69, 9.17) is 15.2 Å². The van der Waals surface area contributed by atoms with E-state index in [0.29, 0.717) is 12.8 Å². The summed E-state index contributed by atoms with van der Waals surface area (Å²) in [5.41, 5.74) is 8.46. The molecule has 1 aliphatic carbocycles. The summed E-state index contributed by atoms with van der Waals surface area (Å²) in [6, 6.07) is 6.66. The van der Waals surface area contributed by atoms with Crippen LogP contribution in [0.15, 0.2) is 18.2 Å². The van der Waals surface area contributed by atoms with Gasteiger partial charge in [-0.15, -0.1) is 0 Å². The fourth-order valence-corrected chi connectivity index (χ4v) is 2.84. The van der Waals surface area contributed by atoms with E-state index in [9.17, 15) is 0 Å². The highest BCUT2D eigenvalue weighted by molar-refractivity contribution is 5.53. The molecule has 21 heavy (non-hydrogen) atoms. The Morgan fingerprint density at radius 2 is 2.14 bits per heavy atom. The lowest BCUT2D eigenvalue weighted by Gasteiger charge is -2.33. The molecular weight excluding hydrogens is 264 g/mol. The van der Waals surface area contributed by atoms with Crippen LogP contribution >= 0.6 is 0 Å². The normalized spacial score (nSPS) is 22.4. The molecule has 0 amide bonds. The van der Waals surface area contributed by atoms with Gasteiger partial charge in [-0.25, -0.2) is 0 Å². The number of piperidine rings is 1. The number of anilines is 1. The Bertz CT molecular complexity index is 474. The maximum absolute atomic E-state index is 6.06. The Hall–Kier alpha value is -1.26. The first kappa shape index (κ1) is 14.7. The molecule has 1 saturated heterocycles. The molecule has 1 saturated carbocycles. The molecule has 2 aliphatic rings. The van der Waals surface area contributed by atoms with Gasteiger partial charge in [0.05, 0.1) is 6.61 Å². The van der Waals surface area contributed by atoms with Crippen molar-refractivity contribution in [2.24, 2.45) is 11.7 Å². The van der Waals surface area contributed by atoms with Gasteiger partial charge in [0.2, 0.25) is 0 Å². The third-order valence-corrected chi connectivity index (χ3v) is 4.33. The van der Waals surface area contributed by atoms with Gasteiger partial charge in [-0.1, -0.05) is 0 Å². The van der Waals surface area contributed by atoms with E-state index in [0.717, 1.165) is 43.3 Å². The third kappa shape index (κ3) is 4.11. The summed E-state index contributed by atoms with van der Waals surface area (Å²) in [7, 11) is 0. The lowest BCUT2D eigenvalue weighted by atomic mass is 10.1. The van der Waals surface area contributed by atoms with Crippen molar-refractivity contribution in [3.05, 3.63) is 23.8 Å². The molecule has 1 unspecified atom stereocenters. The van der Waals surface area contributed by atoms with E-state index in [1.165, 1.54) is 24.9 Å². The minimum absolute atomic E-state index is 0.297. The molecule has 1 aromatic carbocycles. The fourth-order valence-electron chi connectivity index (χ4n) is 2.84. The van der Waals surface area contributed by atoms with Gasteiger partial charge in [0.25, 0.3) is 0 Å². The zero-order valence-corrected chi connectivity index (χ0v) is 12.9. The summed E-state index contributed by atoms with van der Waals surface area (Å²) in [5.74, 6) is 1.69. The van der Waals surface area contributed by atoms with Crippen LogP contribution in [0.1, 0.15) is 31.2 Å². The van der Waals surface area contributed by atoms with Crippen molar-refractivity contribution in [2.45, 2.75) is 38.6 Å². The van der Waals surface area contributed by atoms with Crippen molar-refractivity contribution < 1.29 is 9.47 Å². The van der Waals surface area contributed by atoms with E-state index in [1.54, 1.807) is 0 Å². The van der Waals surface area contributed by atoms with Crippen LogP contribution in [0.3, 0.4) is 0 Å². The van der Waals surface area contributed by atoms with Gasteiger partial charge in [0, 0.05) is 24.8 Å². The Balaban J connectivity index is 1.53. The van der Waals surface area contributed by atoms with Gasteiger partial charge < -0.3 is 20.1 Å². The number of ether oxygens (including phenoxy) is 2. The first-order valence-corrected chi connectivity index (χ1v) is 8.04. The fraction of sp³-hybridized carbons (Fsp3) is 0.647. The number of rotatable bonds is 6. The van der Waals surface area contributed by atoms with Crippen molar-refractivity contribution in [3.63, 3.8) is 0 Å². The van der Waals surface area contributed by atoms with Gasteiger partial charge >= 0.3 is 0 Å². The molecule has 2 N–H and O–H groups in total. The highest BCUT2D eigenvalue weighted by Crippen LogP contribution is 2.29. The predicted molar refractivity (Wildman–Crippen MR) is 84.8 cm³/mol. The Labute approximate surface area is 127 Å². The Morgan fingerprint density at radius 3 is 2.86 bits per heavy atom. The average Bonchev–Trinajstić information content (AvgIpc) is 3.29. The smallest absolute Gasteiger partial charge is 0.189 e. The highest BCUT2D eigenvalue weighted by atomic mass is 16.7. The van der Waals surface area contributed by atoms with Gasteiger partial charge in [-0.2, -0.15) is 0 Å². The molecule has 1 aromatic rings. The monoisotopic (exact) mass is 290 g/mol. The van der Waals surface area contributed by atoms with Crippen molar-refractivity contribution in [1.29, 1.82) is 0 Å². The second kappa shape index (κ2) is 6.67. The van der Waals surface area contributed by atoms with Crippen LogP contribution in [0.25, 0.3) is 0 Å². The maximum Gasteiger partial charge on any atom is 0.189 e. The second-order valence-electron chi connectivity index (χ2n) is 6.37.